The van der Waals surface area contributed by atoms with Gasteiger partial charge >= 0.3 is 0 Å². The first-order valence-corrected chi connectivity index (χ1v) is 7.23. The second-order valence-corrected chi connectivity index (χ2v) is 5.26. The van der Waals surface area contributed by atoms with E-state index in [0.29, 0.717) is 17.1 Å². The van der Waals surface area contributed by atoms with Gasteiger partial charge in [-0.25, -0.2) is 9.97 Å². The maximum Gasteiger partial charge on any atom is 0.185 e. The third-order valence-electron chi connectivity index (χ3n) is 3.45. The van der Waals surface area contributed by atoms with Crippen LogP contribution < -0.4 is 11.1 Å². The SMILES string of the molecule is Cc1ccc(-c2ncnc(Nc3ccc(C(=N)N)nc3)c2O)cc1. The van der Waals surface area contributed by atoms with Crippen molar-refractivity contribution in [3.8, 4) is 17.0 Å². The number of amidine groups is 1. The second-order valence-electron chi connectivity index (χ2n) is 5.26. The molecule has 0 atom stereocenters. The van der Waals surface area contributed by atoms with Gasteiger partial charge in [0.05, 0.1) is 11.9 Å². The van der Waals surface area contributed by atoms with Gasteiger partial charge in [0, 0.05) is 5.56 Å². The maximum absolute atomic E-state index is 10.5. The number of aromatic hydroxyl groups is 1. The van der Waals surface area contributed by atoms with E-state index in [-0.39, 0.29) is 17.4 Å². The number of benzene rings is 1. The molecule has 7 heteroatoms. The lowest BCUT2D eigenvalue weighted by atomic mass is 10.1. The van der Waals surface area contributed by atoms with E-state index in [9.17, 15) is 5.11 Å². The maximum atomic E-state index is 10.5. The highest BCUT2D eigenvalue weighted by Crippen LogP contribution is 2.33. The summed E-state index contributed by atoms with van der Waals surface area (Å²) >= 11 is 0. The van der Waals surface area contributed by atoms with Crippen molar-refractivity contribution >= 4 is 17.3 Å². The van der Waals surface area contributed by atoms with Crippen LogP contribution in [0.1, 0.15) is 11.3 Å². The predicted octanol–water partition coefficient (Wildman–Crippen LogP) is 2.58. The number of pyridine rings is 1. The zero-order valence-corrected chi connectivity index (χ0v) is 13.0. The molecule has 0 fully saturated rings. The van der Waals surface area contributed by atoms with Gasteiger partial charge in [0.2, 0.25) is 0 Å². The molecule has 7 nitrogen and oxygen atoms in total. The average Bonchev–Trinajstić information content (AvgIpc) is 2.58. The lowest BCUT2D eigenvalue weighted by Crippen LogP contribution is -2.12. The molecule has 24 heavy (non-hydrogen) atoms. The molecule has 2 heterocycles. The Bertz CT molecular complexity index is 875. The van der Waals surface area contributed by atoms with E-state index in [1.807, 2.05) is 31.2 Å². The van der Waals surface area contributed by atoms with Gasteiger partial charge in [-0.05, 0) is 19.1 Å². The summed E-state index contributed by atoms with van der Waals surface area (Å²) < 4.78 is 0. The van der Waals surface area contributed by atoms with Crippen molar-refractivity contribution in [2.75, 3.05) is 5.32 Å². The van der Waals surface area contributed by atoms with Gasteiger partial charge in [-0.3, -0.25) is 10.4 Å². The summed E-state index contributed by atoms with van der Waals surface area (Å²) in [6.07, 6.45) is 2.90. The van der Waals surface area contributed by atoms with Gasteiger partial charge in [0.15, 0.2) is 11.6 Å². The van der Waals surface area contributed by atoms with Crippen molar-refractivity contribution in [2.45, 2.75) is 6.92 Å². The Kier molecular flexibility index (Phi) is 4.07. The predicted molar refractivity (Wildman–Crippen MR) is 92.4 cm³/mol. The van der Waals surface area contributed by atoms with Crippen molar-refractivity contribution in [1.29, 1.82) is 5.41 Å². The fraction of sp³-hybridized carbons (Fsp3) is 0.0588. The van der Waals surface area contributed by atoms with Crippen molar-refractivity contribution in [3.05, 3.63) is 60.2 Å². The summed E-state index contributed by atoms with van der Waals surface area (Å²) in [6.45, 7) is 1.99. The number of nitrogens with zero attached hydrogens (tertiary/aromatic N) is 3. The highest BCUT2D eigenvalue weighted by atomic mass is 16.3. The number of anilines is 2. The molecule has 120 valence electrons. The van der Waals surface area contributed by atoms with E-state index in [2.05, 4.69) is 20.3 Å². The van der Waals surface area contributed by atoms with E-state index in [4.69, 9.17) is 11.1 Å². The fourth-order valence-electron chi connectivity index (χ4n) is 2.16. The van der Waals surface area contributed by atoms with Crippen LogP contribution in [0.5, 0.6) is 5.75 Å². The summed E-state index contributed by atoms with van der Waals surface area (Å²) in [5, 5.41) is 20.8. The van der Waals surface area contributed by atoms with Crippen LogP contribution in [0.2, 0.25) is 0 Å². The fourth-order valence-corrected chi connectivity index (χ4v) is 2.16. The zero-order chi connectivity index (χ0) is 17.1. The summed E-state index contributed by atoms with van der Waals surface area (Å²) in [5.74, 6) is 0.128. The van der Waals surface area contributed by atoms with Crippen LogP contribution in [0.4, 0.5) is 11.5 Å². The average molecular weight is 320 g/mol. The second kappa shape index (κ2) is 6.33. The summed E-state index contributed by atoms with van der Waals surface area (Å²) in [7, 11) is 0. The van der Waals surface area contributed by atoms with E-state index in [1.165, 1.54) is 12.5 Å². The van der Waals surface area contributed by atoms with Gasteiger partial charge < -0.3 is 16.2 Å². The molecule has 0 amide bonds. The van der Waals surface area contributed by atoms with Crippen LogP contribution in [0.25, 0.3) is 11.3 Å². The van der Waals surface area contributed by atoms with E-state index in [0.717, 1.165) is 11.1 Å². The van der Waals surface area contributed by atoms with Gasteiger partial charge in [0.25, 0.3) is 0 Å². The molecule has 0 aliphatic carbocycles. The van der Waals surface area contributed by atoms with Crippen LogP contribution in [0.3, 0.4) is 0 Å². The number of nitrogen functional groups attached to an aromatic ring is 1. The molecule has 5 N–H and O–H groups in total. The van der Waals surface area contributed by atoms with Crippen molar-refractivity contribution in [1.82, 2.24) is 15.0 Å². The lowest BCUT2D eigenvalue weighted by molar-refractivity contribution is 0.475. The van der Waals surface area contributed by atoms with E-state index >= 15 is 0 Å². The minimum Gasteiger partial charge on any atom is -0.503 e. The highest BCUT2D eigenvalue weighted by molar-refractivity contribution is 5.93. The van der Waals surface area contributed by atoms with E-state index < -0.39 is 0 Å². The van der Waals surface area contributed by atoms with Crippen LogP contribution in [-0.2, 0) is 0 Å². The first kappa shape index (κ1) is 15.4. The normalized spacial score (nSPS) is 10.4. The van der Waals surface area contributed by atoms with Crippen molar-refractivity contribution < 1.29 is 5.11 Å². The smallest absolute Gasteiger partial charge is 0.185 e. The zero-order valence-electron chi connectivity index (χ0n) is 13.0. The molecule has 0 bridgehead atoms. The Morgan fingerprint density at radius 3 is 2.46 bits per heavy atom. The molecule has 0 aliphatic rings. The Balaban J connectivity index is 1.90. The molecule has 0 saturated heterocycles. The van der Waals surface area contributed by atoms with Crippen LogP contribution in [0, 0.1) is 12.3 Å². The van der Waals surface area contributed by atoms with E-state index in [1.54, 1.807) is 12.1 Å². The number of aromatic nitrogens is 3. The van der Waals surface area contributed by atoms with Gasteiger partial charge in [-0.2, -0.15) is 0 Å². The number of aryl methyl sites for hydroxylation is 1. The lowest BCUT2D eigenvalue weighted by Gasteiger charge is -2.10. The Morgan fingerprint density at radius 2 is 1.83 bits per heavy atom. The first-order chi connectivity index (χ1) is 11.5. The molecule has 0 aliphatic heterocycles. The minimum absolute atomic E-state index is 0.0444. The molecule has 2 aromatic heterocycles. The number of rotatable bonds is 4. The molecule has 0 unspecified atom stereocenters. The summed E-state index contributed by atoms with van der Waals surface area (Å²) in [6, 6.07) is 11.0. The molecular formula is C17H16N6O. The van der Waals surface area contributed by atoms with Crippen LogP contribution >= 0.6 is 0 Å². The Labute approximate surface area is 138 Å². The summed E-state index contributed by atoms with van der Waals surface area (Å²) in [5.41, 5.74) is 8.74. The Morgan fingerprint density at radius 1 is 1.08 bits per heavy atom. The van der Waals surface area contributed by atoms with Gasteiger partial charge in [-0.1, -0.05) is 29.8 Å². The third-order valence-corrected chi connectivity index (χ3v) is 3.45. The van der Waals surface area contributed by atoms with Crippen LogP contribution in [0.15, 0.2) is 48.9 Å². The quantitative estimate of drug-likeness (QED) is 0.433. The minimum atomic E-state index is -0.104. The molecule has 3 aromatic rings. The standard InChI is InChI=1S/C17H16N6O/c1-10-2-4-11(5-3-10)14-15(24)17(22-9-21-14)23-12-6-7-13(16(18)19)20-8-12/h2-9,24H,1H3,(H3,18,19)(H,21,22,23). The summed E-state index contributed by atoms with van der Waals surface area (Å²) in [4.78, 5) is 12.3. The Hall–Kier alpha value is -3.48. The molecule has 0 radical (unpaired) electrons. The van der Waals surface area contributed by atoms with Gasteiger partial charge in [0.1, 0.15) is 23.6 Å². The number of hydrogen-bond acceptors (Lipinski definition) is 6. The van der Waals surface area contributed by atoms with Gasteiger partial charge in [-0.15, -0.1) is 0 Å². The van der Waals surface area contributed by atoms with Crippen LogP contribution in [-0.4, -0.2) is 25.9 Å². The molecule has 0 spiro atoms. The van der Waals surface area contributed by atoms with Crippen molar-refractivity contribution in [2.24, 2.45) is 5.73 Å². The van der Waals surface area contributed by atoms with Crippen molar-refractivity contribution in [3.63, 3.8) is 0 Å². The molecule has 1 aromatic carbocycles. The molecule has 0 saturated carbocycles. The largest absolute Gasteiger partial charge is 0.503 e. The number of nitrogens with one attached hydrogen (secondary N) is 2. The number of nitrogens with two attached hydrogens (primary N) is 1. The number of hydrogen-bond donors (Lipinski definition) is 4. The third kappa shape index (κ3) is 3.14. The topological polar surface area (TPSA) is 121 Å². The molecule has 3 rings (SSSR count). The highest BCUT2D eigenvalue weighted by Gasteiger charge is 2.12. The molecular weight excluding hydrogens is 304 g/mol. The first-order valence-electron chi connectivity index (χ1n) is 7.23. The monoisotopic (exact) mass is 320 g/mol.